The van der Waals surface area contributed by atoms with E-state index in [4.69, 9.17) is 10.5 Å². The Bertz CT molecular complexity index is 687. The third kappa shape index (κ3) is 3.35. The van der Waals surface area contributed by atoms with Crippen molar-refractivity contribution in [3.8, 4) is 11.5 Å². The number of halogens is 1. The number of nitro benzene ring substituents is 1. The van der Waals surface area contributed by atoms with E-state index in [1.54, 1.807) is 19.9 Å². The zero-order valence-electron chi connectivity index (χ0n) is 11.7. The zero-order chi connectivity index (χ0) is 15.6. The molecule has 2 aromatic carbocycles. The van der Waals surface area contributed by atoms with Gasteiger partial charge >= 0.3 is 0 Å². The number of rotatable bonds is 4. The number of ether oxygens (including phenoxy) is 1. The van der Waals surface area contributed by atoms with Crippen molar-refractivity contribution in [2.45, 2.75) is 19.9 Å². The highest BCUT2D eigenvalue weighted by atomic mass is 19.1. The lowest BCUT2D eigenvalue weighted by molar-refractivity contribution is -0.385. The van der Waals surface area contributed by atoms with Crippen LogP contribution in [0.1, 0.15) is 24.1 Å². The second kappa shape index (κ2) is 5.88. The first kappa shape index (κ1) is 14.9. The Morgan fingerprint density at radius 3 is 2.57 bits per heavy atom. The predicted octanol–water partition coefficient (Wildman–Crippen LogP) is 3.85. The molecule has 0 aromatic heterocycles. The molecule has 0 unspecified atom stereocenters. The van der Waals surface area contributed by atoms with Gasteiger partial charge in [0.1, 0.15) is 17.3 Å². The monoisotopic (exact) mass is 290 g/mol. The first-order valence-corrected chi connectivity index (χ1v) is 6.36. The van der Waals surface area contributed by atoms with E-state index in [1.807, 2.05) is 0 Å². The normalized spacial score (nSPS) is 12.0. The van der Waals surface area contributed by atoms with E-state index in [1.165, 1.54) is 30.3 Å². The molecule has 0 aliphatic carbocycles. The number of nitro groups is 1. The van der Waals surface area contributed by atoms with Crippen molar-refractivity contribution in [2.24, 2.45) is 5.73 Å². The van der Waals surface area contributed by atoms with Crippen LogP contribution in [0.15, 0.2) is 36.4 Å². The molecular formula is C15H15FN2O3. The van der Waals surface area contributed by atoms with Crippen LogP contribution >= 0.6 is 0 Å². The highest BCUT2D eigenvalue weighted by molar-refractivity contribution is 5.47. The van der Waals surface area contributed by atoms with Crippen LogP contribution in [0.3, 0.4) is 0 Å². The zero-order valence-corrected chi connectivity index (χ0v) is 11.7. The predicted molar refractivity (Wildman–Crippen MR) is 76.9 cm³/mol. The second-order valence-corrected chi connectivity index (χ2v) is 4.78. The van der Waals surface area contributed by atoms with Crippen LogP contribution in [0.2, 0.25) is 0 Å². The molecule has 0 spiro atoms. The molecule has 0 saturated carbocycles. The van der Waals surface area contributed by atoms with E-state index >= 15 is 0 Å². The minimum Gasteiger partial charge on any atom is -0.457 e. The van der Waals surface area contributed by atoms with Crippen molar-refractivity contribution in [1.29, 1.82) is 0 Å². The topological polar surface area (TPSA) is 78.4 Å². The number of hydrogen-bond acceptors (Lipinski definition) is 4. The Hall–Kier alpha value is -2.47. The highest BCUT2D eigenvalue weighted by Crippen LogP contribution is 2.31. The summed E-state index contributed by atoms with van der Waals surface area (Å²) in [5.74, 6) is 0.473. The van der Waals surface area contributed by atoms with Gasteiger partial charge in [-0.15, -0.1) is 0 Å². The largest absolute Gasteiger partial charge is 0.457 e. The SMILES string of the molecule is Cc1cc(Oc2ccc(F)cc2[C@@H](C)N)ccc1[N+](=O)[O-]. The fraction of sp³-hybridized carbons (Fsp3) is 0.200. The summed E-state index contributed by atoms with van der Waals surface area (Å²) < 4.78 is 18.9. The summed E-state index contributed by atoms with van der Waals surface area (Å²) >= 11 is 0. The molecule has 2 rings (SSSR count). The van der Waals surface area contributed by atoms with Gasteiger partial charge < -0.3 is 10.5 Å². The van der Waals surface area contributed by atoms with E-state index in [0.717, 1.165) is 0 Å². The summed E-state index contributed by atoms with van der Waals surface area (Å²) in [5, 5.41) is 10.8. The van der Waals surface area contributed by atoms with Crippen molar-refractivity contribution in [3.05, 3.63) is 63.5 Å². The van der Waals surface area contributed by atoms with Crippen molar-refractivity contribution in [3.63, 3.8) is 0 Å². The Morgan fingerprint density at radius 2 is 2.00 bits per heavy atom. The smallest absolute Gasteiger partial charge is 0.272 e. The van der Waals surface area contributed by atoms with E-state index in [2.05, 4.69) is 0 Å². The summed E-state index contributed by atoms with van der Waals surface area (Å²) in [7, 11) is 0. The lowest BCUT2D eigenvalue weighted by atomic mass is 10.1. The number of aryl methyl sites for hydroxylation is 1. The van der Waals surface area contributed by atoms with Crippen molar-refractivity contribution < 1.29 is 14.1 Å². The minimum absolute atomic E-state index is 0.0221. The fourth-order valence-electron chi connectivity index (χ4n) is 1.99. The standard InChI is InChI=1S/C15H15FN2O3/c1-9-7-12(4-5-14(9)18(19)20)21-15-6-3-11(16)8-13(15)10(2)17/h3-8,10H,17H2,1-2H3/t10-/m1/s1. The van der Waals surface area contributed by atoms with Crippen LogP contribution in [-0.2, 0) is 0 Å². The third-order valence-electron chi connectivity index (χ3n) is 3.06. The maximum absolute atomic E-state index is 13.3. The maximum Gasteiger partial charge on any atom is 0.272 e. The lowest BCUT2D eigenvalue weighted by Gasteiger charge is -2.14. The van der Waals surface area contributed by atoms with E-state index in [-0.39, 0.29) is 5.69 Å². The highest BCUT2D eigenvalue weighted by Gasteiger charge is 2.14. The molecule has 6 heteroatoms. The Balaban J connectivity index is 2.34. The molecule has 0 bridgehead atoms. The molecule has 0 aliphatic rings. The average Bonchev–Trinajstić information content (AvgIpc) is 2.40. The van der Waals surface area contributed by atoms with Crippen LogP contribution < -0.4 is 10.5 Å². The summed E-state index contributed by atoms with van der Waals surface area (Å²) in [4.78, 5) is 10.3. The number of nitrogens with zero attached hydrogens (tertiary/aromatic N) is 1. The molecule has 0 amide bonds. The van der Waals surface area contributed by atoms with Gasteiger partial charge in [0.05, 0.1) is 4.92 Å². The lowest BCUT2D eigenvalue weighted by Crippen LogP contribution is -2.07. The van der Waals surface area contributed by atoms with Gasteiger partial charge in [-0.3, -0.25) is 10.1 Å². The Morgan fingerprint density at radius 1 is 1.29 bits per heavy atom. The molecule has 0 heterocycles. The number of nitrogens with two attached hydrogens (primary N) is 1. The Labute approximate surface area is 121 Å². The molecule has 1 atom stereocenters. The summed E-state index contributed by atoms with van der Waals surface area (Å²) in [6.07, 6.45) is 0. The van der Waals surface area contributed by atoms with Gasteiger partial charge in [0.25, 0.3) is 5.69 Å². The van der Waals surface area contributed by atoms with Crippen molar-refractivity contribution in [1.82, 2.24) is 0 Å². The first-order valence-electron chi connectivity index (χ1n) is 6.36. The van der Waals surface area contributed by atoms with Gasteiger partial charge in [0.2, 0.25) is 0 Å². The third-order valence-corrected chi connectivity index (χ3v) is 3.06. The van der Waals surface area contributed by atoms with Crippen molar-refractivity contribution in [2.75, 3.05) is 0 Å². The van der Waals surface area contributed by atoms with Gasteiger partial charge in [-0.1, -0.05) is 0 Å². The van der Waals surface area contributed by atoms with Crippen molar-refractivity contribution >= 4 is 5.69 Å². The Kier molecular flexibility index (Phi) is 4.18. The quantitative estimate of drug-likeness (QED) is 0.685. The maximum atomic E-state index is 13.3. The molecule has 0 aliphatic heterocycles. The molecule has 110 valence electrons. The van der Waals surface area contributed by atoms with Crippen LogP contribution in [-0.4, -0.2) is 4.92 Å². The fourth-order valence-corrected chi connectivity index (χ4v) is 1.99. The first-order chi connectivity index (χ1) is 9.88. The van der Waals surface area contributed by atoms with E-state index < -0.39 is 16.8 Å². The summed E-state index contributed by atoms with van der Waals surface area (Å²) in [6, 6.07) is 8.13. The van der Waals surface area contributed by atoms with Gasteiger partial charge in [-0.25, -0.2) is 4.39 Å². The molecule has 0 fully saturated rings. The van der Waals surface area contributed by atoms with Crippen LogP contribution in [0.25, 0.3) is 0 Å². The van der Waals surface area contributed by atoms with Crippen LogP contribution in [0.5, 0.6) is 11.5 Å². The number of hydrogen-bond donors (Lipinski definition) is 1. The molecule has 2 N–H and O–H groups in total. The summed E-state index contributed by atoms with van der Waals surface area (Å²) in [6.45, 7) is 3.35. The second-order valence-electron chi connectivity index (χ2n) is 4.78. The average molecular weight is 290 g/mol. The van der Waals surface area contributed by atoms with E-state index in [0.29, 0.717) is 22.6 Å². The van der Waals surface area contributed by atoms with E-state index in [9.17, 15) is 14.5 Å². The molecule has 2 aromatic rings. The molecule has 0 radical (unpaired) electrons. The molecule has 0 saturated heterocycles. The molecule has 21 heavy (non-hydrogen) atoms. The van der Waals surface area contributed by atoms with Gasteiger partial charge in [-0.05, 0) is 44.2 Å². The number of benzene rings is 2. The molecular weight excluding hydrogens is 275 g/mol. The van der Waals surface area contributed by atoms with Gasteiger partial charge in [0, 0.05) is 23.2 Å². The summed E-state index contributed by atoms with van der Waals surface area (Å²) in [5.41, 5.74) is 6.84. The van der Waals surface area contributed by atoms with Gasteiger partial charge in [-0.2, -0.15) is 0 Å². The van der Waals surface area contributed by atoms with Gasteiger partial charge in [0.15, 0.2) is 0 Å². The minimum atomic E-state index is -0.454. The molecule has 5 nitrogen and oxygen atoms in total. The van der Waals surface area contributed by atoms with Crippen LogP contribution in [0.4, 0.5) is 10.1 Å². The van der Waals surface area contributed by atoms with Crippen LogP contribution in [0, 0.1) is 22.9 Å².